The molecule has 28 heavy (non-hydrogen) atoms. The zero-order valence-corrected chi connectivity index (χ0v) is 19.6. The maximum absolute atomic E-state index is 11.4. The highest BCUT2D eigenvalue weighted by Crippen LogP contribution is 2.47. The molecule has 1 rings (SSSR count). The lowest BCUT2D eigenvalue weighted by molar-refractivity contribution is 0.151. The van der Waals surface area contributed by atoms with Crippen LogP contribution in [0.1, 0.15) is 85.3 Å². The highest BCUT2D eigenvalue weighted by Gasteiger charge is 2.43. The highest BCUT2D eigenvalue weighted by atomic mass is 35.5. The number of unbranched alkanes of at least 4 members (excludes halogenated alkanes) is 1. The summed E-state index contributed by atoms with van der Waals surface area (Å²) in [6, 6.07) is 6.13. The molecule has 0 aliphatic carbocycles. The van der Waals surface area contributed by atoms with E-state index in [1.165, 1.54) is 0 Å². The molecule has 1 aromatic carbocycles. The fourth-order valence-corrected chi connectivity index (χ4v) is 4.36. The van der Waals surface area contributed by atoms with Gasteiger partial charge < -0.3 is 0 Å². The summed E-state index contributed by atoms with van der Waals surface area (Å²) in [5, 5.41) is 0.739. The lowest BCUT2D eigenvalue weighted by Crippen LogP contribution is -2.39. The van der Waals surface area contributed by atoms with Gasteiger partial charge in [0.25, 0.3) is 0 Å². The summed E-state index contributed by atoms with van der Waals surface area (Å²) in [5.74, 6) is -0.00973. The normalized spacial score (nSPS) is 15.4. The number of aryl methyl sites for hydroxylation is 1. The number of nitrogens with zero attached hydrogens (tertiary/aromatic N) is 1. The van der Waals surface area contributed by atoms with Crippen molar-refractivity contribution in [1.29, 1.82) is 0 Å². The minimum absolute atomic E-state index is 0.00973. The van der Waals surface area contributed by atoms with Crippen LogP contribution >= 0.6 is 11.6 Å². The first-order valence-electron chi connectivity index (χ1n) is 10.4. The van der Waals surface area contributed by atoms with Gasteiger partial charge in [0.1, 0.15) is 5.54 Å². The Morgan fingerprint density at radius 2 is 1.82 bits per heavy atom. The van der Waals surface area contributed by atoms with Gasteiger partial charge in [0.15, 0.2) is 0 Å². The van der Waals surface area contributed by atoms with Gasteiger partial charge in [-0.25, -0.2) is 4.79 Å². The summed E-state index contributed by atoms with van der Waals surface area (Å²) in [6.07, 6.45) is 9.06. The Kier molecular flexibility index (Phi) is 8.72. The molecule has 0 aromatic heterocycles. The lowest BCUT2D eigenvalue weighted by Gasteiger charge is -2.42. The molecule has 2 atom stereocenters. The van der Waals surface area contributed by atoms with E-state index >= 15 is 0 Å². The van der Waals surface area contributed by atoms with Crippen LogP contribution < -0.4 is 0 Å². The van der Waals surface area contributed by atoms with Gasteiger partial charge in [0.2, 0.25) is 6.08 Å². The molecular weight excluding hydrogens is 366 g/mol. The summed E-state index contributed by atoms with van der Waals surface area (Å²) in [7, 11) is 0. The van der Waals surface area contributed by atoms with Gasteiger partial charge in [-0.2, -0.15) is 4.99 Å². The third kappa shape index (κ3) is 6.33. The minimum atomic E-state index is -0.743. The zero-order valence-electron chi connectivity index (χ0n) is 18.9. The molecule has 0 amide bonds. The van der Waals surface area contributed by atoms with Gasteiger partial charge in [-0.1, -0.05) is 84.2 Å². The molecule has 3 heteroatoms. The van der Waals surface area contributed by atoms with Crippen LogP contribution in [-0.2, 0) is 16.8 Å². The van der Waals surface area contributed by atoms with E-state index in [0.717, 1.165) is 48.3 Å². The van der Waals surface area contributed by atoms with E-state index in [0.29, 0.717) is 0 Å². The molecule has 1 aromatic rings. The standard InChI is InChI=1S/C25H38ClNO/c1-9-11-15-24(6,7)22(10-2)25(8,27-18-28)20-13-12-19(21(26)17-20)14-16-23(3,4)5/h10,12-13,17,22H,2,9,11,14-16H2,1,3-8H3. The predicted octanol–water partition coefficient (Wildman–Crippen LogP) is 7.89. The van der Waals surface area contributed by atoms with Crippen molar-refractivity contribution in [2.24, 2.45) is 21.7 Å². The van der Waals surface area contributed by atoms with Gasteiger partial charge in [0, 0.05) is 10.9 Å². The fraction of sp³-hybridized carbons (Fsp3) is 0.640. The molecule has 0 saturated heterocycles. The topological polar surface area (TPSA) is 29.4 Å². The molecule has 0 spiro atoms. The molecule has 0 heterocycles. The third-order valence-electron chi connectivity index (χ3n) is 5.92. The minimum Gasteiger partial charge on any atom is -0.211 e. The van der Waals surface area contributed by atoms with Gasteiger partial charge in [-0.05, 0) is 54.2 Å². The number of aliphatic imine (C=N–C) groups is 1. The van der Waals surface area contributed by atoms with E-state index in [1.54, 1.807) is 0 Å². The van der Waals surface area contributed by atoms with Crippen LogP contribution in [0.3, 0.4) is 0 Å². The van der Waals surface area contributed by atoms with Gasteiger partial charge in [0.05, 0.1) is 0 Å². The Hall–Kier alpha value is -1.37. The van der Waals surface area contributed by atoms with E-state index in [9.17, 15) is 4.79 Å². The lowest BCUT2D eigenvalue weighted by atomic mass is 9.64. The Bertz CT molecular complexity index is 710. The van der Waals surface area contributed by atoms with Crippen LogP contribution in [0.15, 0.2) is 35.8 Å². The van der Waals surface area contributed by atoms with Gasteiger partial charge in [-0.3, -0.25) is 0 Å². The monoisotopic (exact) mass is 403 g/mol. The molecule has 0 saturated carbocycles. The smallest absolute Gasteiger partial charge is 0.211 e. The van der Waals surface area contributed by atoms with Crippen LogP contribution in [0.4, 0.5) is 0 Å². The van der Waals surface area contributed by atoms with Crippen molar-refractivity contribution < 1.29 is 4.79 Å². The van der Waals surface area contributed by atoms with Gasteiger partial charge >= 0.3 is 0 Å². The molecule has 156 valence electrons. The summed E-state index contributed by atoms with van der Waals surface area (Å²) in [5.41, 5.74) is 1.54. The molecule has 0 fully saturated rings. The second-order valence-corrected chi connectivity index (χ2v) is 10.4. The summed E-state index contributed by atoms with van der Waals surface area (Å²) in [6.45, 7) is 19.4. The first kappa shape index (κ1) is 24.7. The number of carbonyl (C=O) groups excluding carboxylic acids is 1. The van der Waals surface area contributed by atoms with Crippen LogP contribution in [0.5, 0.6) is 0 Å². The van der Waals surface area contributed by atoms with Crippen molar-refractivity contribution in [2.45, 2.75) is 86.1 Å². The highest BCUT2D eigenvalue weighted by molar-refractivity contribution is 6.31. The van der Waals surface area contributed by atoms with E-state index in [1.807, 2.05) is 25.1 Å². The quantitative estimate of drug-likeness (QED) is 0.222. The van der Waals surface area contributed by atoms with Crippen molar-refractivity contribution in [3.05, 3.63) is 47.0 Å². The van der Waals surface area contributed by atoms with Crippen molar-refractivity contribution in [3.8, 4) is 0 Å². The van der Waals surface area contributed by atoms with Crippen molar-refractivity contribution >= 4 is 17.7 Å². The van der Waals surface area contributed by atoms with E-state index in [2.05, 4.69) is 65.2 Å². The van der Waals surface area contributed by atoms with E-state index < -0.39 is 5.54 Å². The Balaban J connectivity index is 3.33. The molecule has 0 N–H and O–H groups in total. The SMILES string of the molecule is C=CC(C(C)(C)CCCC)C(C)(N=C=O)c1ccc(CCC(C)(C)C)c(Cl)c1. The molecule has 0 aliphatic heterocycles. The summed E-state index contributed by atoms with van der Waals surface area (Å²) >= 11 is 6.64. The second kappa shape index (κ2) is 9.90. The Morgan fingerprint density at radius 1 is 1.18 bits per heavy atom. The summed E-state index contributed by atoms with van der Waals surface area (Å²) < 4.78 is 0. The molecule has 2 nitrogen and oxygen atoms in total. The molecule has 0 radical (unpaired) electrons. The predicted molar refractivity (Wildman–Crippen MR) is 122 cm³/mol. The van der Waals surface area contributed by atoms with Crippen molar-refractivity contribution in [2.75, 3.05) is 0 Å². The zero-order chi connectivity index (χ0) is 21.6. The number of hydrogen-bond donors (Lipinski definition) is 0. The molecule has 0 aliphatic rings. The summed E-state index contributed by atoms with van der Waals surface area (Å²) in [4.78, 5) is 15.7. The second-order valence-electron chi connectivity index (χ2n) is 10.0. The first-order valence-corrected chi connectivity index (χ1v) is 10.8. The van der Waals surface area contributed by atoms with E-state index in [4.69, 9.17) is 11.6 Å². The molecule has 0 bridgehead atoms. The number of rotatable bonds is 10. The number of benzene rings is 1. The fourth-order valence-electron chi connectivity index (χ4n) is 4.08. The van der Waals surface area contributed by atoms with Crippen LogP contribution in [0, 0.1) is 16.7 Å². The van der Waals surface area contributed by atoms with Crippen LogP contribution in [0.25, 0.3) is 0 Å². The first-order chi connectivity index (χ1) is 12.9. The van der Waals surface area contributed by atoms with Crippen LogP contribution in [-0.4, -0.2) is 6.08 Å². The maximum atomic E-state index is 11.4. The number of hydrogen-bond acceptors (Lipinski definition) is 2. The third-order valence-corrected chi connectivity index (χ3v) is 6.27. The number of isocyanates is 1. The molecular formula is C25H38ClNO. The largest absolute Gasteiger partial charge is 0.235 e. The van der Waals surface area contributed by atoms with Crippen molar-refractivity contribution in [1.82, 2.24) is 0 Å². The van der Waals surface area contributed by atoms with Crippen LogP contribution in [0.2, 0.25) is 5.02 Å². The molecule has 2 unspecified atom stereocenters. The maximum Gasteiger partial charge on any atom is 0.235 e. The Morgan fingerprint density at radius 3 is 2.29 bits per heavy atom. The average Bonchev–Trinajstić information content (AvgIpc) is 2.58. The Labute approximate surface area is 177 Å². The average molecular weight is 404 g/mol. The van der Waals surface area contributed by atoms with Gasteiger partial charge in [-0.15, -0.1) is 6.58 Å². The number of halogens is 1. The van der Waals surface area contributed by atoms with Crippen molar-refractivity contribution in [3.63, 3.8) is 0 Å². The van der Waals surface area contributed by atoms with E-state index in [-0.39, 0.29) is 16.7 Å².